The summed E-state index contributed by atoms with van der Waals surface area (Å²) >= 11 is 5.89. The van der Waals surface area contributed by atoms with Crippen molar-refractivity contribution in [1.29, 1.82) is 5.41 Å². The minimum Gasteiger partial charge on any atom is -0.378 e. The number of ketones is 1. The molecule has 0 unspecified atom stereocenters. The number of pyridine rings is 1. The molecule has 1 aliphatic rings. The van der Waals surface area contributed by atoms with Crippen molar-refractivity contribution in [1.82, 2.24) is 9.88 Å². The molecular weight excluding hydrogens is 462 g/mol. The maximum atomic E-state index is 13.1. The Bertz CT molecular complexity index is 1230. The first-order chi connectivity index (χ1) is 16.8. The predicted octanol–water partition coefficient (Wildman–Crippen LogP) is 4.90. The highest BCUT2D eigenvalue weighted by atomic mass is 35.5. The smallest absolute Gasteiger partial charge is 0.257 e. The lowest BCUT2D eigenvalue weighted by Crippen LogP contribution is -2.27. The van der Waals surface area contributed by atoms with Gasteiger partial charge in [-0.05, 0) is 42.7 Å². The highest BCUT2D eigenvalue weighted by Crippen LogP contribution is 2.22. The Kier molecular flexibility index (Phi) is 7.46. The van der Waals surface area contributed by atoms with E-state index in [0.717, 1.165) is 37.2 Å². The van der Waals surface area contributed by atoms with Crippen LogP contribution in [0, 0.1) is 5.41 Å². The molecule has 2 heterocycles. The highest BCUT2D eigenvalue weighted by Gasteiger charge is 2.19. The number of nitrogens with zero attached hydrogens (tertiary/aromatic N) is 3. The van der Waals surface area contributed by atoms with Gasteiger partial charge in [0.2, 0.25) is 0 Å². The molecule has 35 heavy (non-hydrogen) atoms. The maximum absolute atomic E-state index is 13.1. The van der Waals surface area contributed by atoms with Gasteiger partial charge in [0.15, 0.2) is 5.78 Å². The van der Waals surface area contributed by atoms with Crippen molar-refractivity contribution >= 4 is 40.6 Å². The molecule has 8 heteroatoms. The van der Waals surface area contributed by atoms with Gasteiger partial charge in [0.25, 0.3) is 5.91 Å². The molecule has 1 amide bonds. The minimum absolute atomic E-state index is 0.0768. The number of hydrogen-bond acceptors (Lipinski definition) is 5. The molecule has 4 rings (SSSR count). The third-order valence-electron chi connectivity index (χ3n) is 6.08. The summed E-state index contributed by atoms with van der Waals surface area (Å²) in [7, 11) is 3.79. The predicted molar refractivity (Wildman–Crippen MR) is 140 cm³/mol. The van der Waals surface area contributed by atoms with Gasteiger partial charge >= 0.3 is 0 Å². The summed E-state index contributed by atoms with van der Waals surface area (Å²) in [6, 6.07) is 15.9. The van der Waals surface area contributed by atoms with Crippen molar-refractivity contribution in [2.24, 2.45) is 0 Å². The molecule has 0 spiro atoms. The number of Topliss-reactive ketones (excluding diaryl/α,β-unsaturated/α-hetero) is 1. The number of hydrogen-bond donors (Lipinski definition) is 2. The fourth-order valence-electron chi connectivity index (χ4n) is 4.05. The standard InChI is InChI=1S/C27H28ClN5O2/c1-32(2)22-11-9-20(23(16-22)27(35)31-25-12-10-21(28)17-30-25)15-24(34)18-5-7-19(8-6-18)26(29)33-13-3-4-14-33/h5-12,16-17,29H,3-4,13-15H2,1-2H3,(H,30,31,35). The first kappa shape index (κ1) is 24.4. The molecule has 0 atom stereocenters. The van der Waals surface area contributed by atoms with Gasteiger partial charge < -0.3 is 15.1 Å². The lowest BCUT2D eigenvalue weighted by molar-refractivity contribution is 0.0992. The topological polar surface area (TPSA) is 89.4 Å². The molecule has 2 aromatic carbocycles. The molecule has 7 nitrogen and oxygen atoms in total. The second-order valence-electron chi connectivity index (χ2n) is 8.77. The summed E-state index contributed by atoms with van der Waals surface area (Å²) in [5.74, 6) is 0.430. The molecular formula is C27H28ClN5O2. The van der Waals surface area contributed by atoms with Crippen LogP contribution in [0.1, 0.15) is 44.7 Å². The van der Waals surface area contributed by atoms with Crippen molar-refractivity contribution < 1.29 is 9.59 Å². The number of halogens is 1. The monoisotopic (exact) mass is 489 g/mol. The van der Waals surface area contributed by atoms with E-state index in [1.54, 1.807) is 30.3 Å². The average Bonchev–Trinajstić information content (AvgIpc) is 3.40. The summed E-state index contributed by atoms with van der Waals surface area (Å²) in [6.07, 6.45) is 3.75. The molecule has 1 aliphatic heterocycles. The number of carbonyl (C=O) groups is 2. The summed E-state index contributed by atoms with van der Waals surface area (Å²) in [5.41, 5.74) is 3.23. The van der Waals surface area contributed by atoms with Gasteiger partial charge in [-0.2, -0.15) is 0 Å². The Morgan fingerprint density at radius 3 is 2.34 bits per heavy atom. The van der Waals surface area contributed by atoms with Crippen LogP contribution in [-0.4, -0.2) is 54.6 Å². The van der Waals surface area contributed by atoms with Gasteiger partial charge in [0.05, 0.1) is 5.02 Å². The second-order valence-corrected chi connectivity index (χ2v) is 9.21. The van der Waals surface area contributed by atoms with E-state index in [0.29, 0.717) is 33.4 Å². The second kappa shape index (κ2) is 10.7. The van der Waals surface area contributed by atoms with Crippen molar-refractivity contribution in [2.45, 2.75) is 19.3 Å². The van der Waals surface area contributed by atoms with Crippen molar-refractivity contribution in [3.8, 4) is 0 Å². The van der Waals surface area contributed by atoms with Gasteiger partial charge in [0.1, 0.15) is 11.7 Å². The van der Waals surface area contributed by atoms with Crippen LogP contribution in [0.25, 0.3) is 0 Å². The largest absolute Gasteiger partial charge is 0.378 e. The fraction of sp³-hybridized carbons (Fsp3) is 0.259. The van der Waals surface area contributed by atoms with E-state index < -0.39 is 0 Å². The number of amidine groups is 1. The molecule has 0 saturated carbocycles. The third kappa shape index (κ3) is 5.87. The van der Waals surface area contributed by atoms with Gasteiger partial charge in [-0.1, -0.05) is 41.9 Å². The van der Waals surface area contributed by atoms with Gasteiger partial charge in [0, 0.05) is 62.2 Å². The van der Waals surface area contributed by atoms with Crippen LogP contribution in [-0.2, 0) is 6.42 Å². The lowest BCUT2D eigenvalue weighted by Gasteiger charge is -2.18. The molecule has 2 N–H and O–H groups in total. The molecule has 180 valence electrons. The molecule has 3 aromatic rings. The number of aromatic nitrogens is 1. The number of rotatable bonds is 7. The number of benzene rings is 2. The Hall–Kier alpha value is -3.71. The summed E-state index contributed by atoms with van der Waals surface area (Å²) < 4.78 is 0. The quantitative estimate of drug-likeness (QED) is 0.280. The number of amides is 1. The van der Waals surface area contributed by atoms with E-state index in [1.165, 1.54) is 6.20 Å². The van der Waals surface area contributed by atoms with Gasteiger partial charge in [-0.15, -0.1) is 0 Å². The highest BCUT2D eigenvalue weighted by molar-refractivity contribution is 6.30. The Morgan fingerprint density at radius 2 is 1.71 bits per heavy atom. The molecule has 1 saturated heterocycles. The van der Waals surface area contributed by atoms with E-state index in [1.807, 2.05) is 43.3 Å². The van der Waals surface area contributed by atoms with Crippen LogP contribution in [0.15, 0.2) is 60.8 Å². The van der Waals surface area contributed by atoms with Crippen molar-refractivity contribution in [3.63, 3.8) is 0 Å². The van der Waals surface area contributed by atoms with E-state index in [2.05, 4.69) is 15.2 Å². The summed E-state index contributed by atoms with van der Waals surface area (Å²) in [4.78, 5) is 34.3. The van der Waals surface area contributed by atoms with Gasteiger partial charge in [-0.3, -0.25) is 15.0 Å². The Balaban J connectivity index is 1.53. The summed E-state index contributed by atoms with van der Waals surface area (Å²) in [5, 5.41) is 11.7. The normalized spacial score (nSPS) is 12.9. The van der Waals surface area contributed by atoms with E-state index in [9.17, 15) is 9.59 Å². The van der Waals surface area contributed by atoms with Crippen LogP contribution >= 0.6 is 11.6 Å². The zero-order chi connectivity index (χ0) is 24.9. The first-order valence-electron chi connectivity index (χ1n) is 11.5. The van der Waals surface area contributed by atoms with Crippen LogP contribution in [0.3, 0.4) is 0 Å². The first-order valence-corrected chi connectivity index (χ1v) is 11.9. The van der Waals surface area contributed by atoms with Crippen LogP contribution < -0.4 is 10.2 Å². The Morgan fingerprint density at radius 1 is 1.03 bits per heavy atom. The van der Waals surface area contributed by atoms with Crippen LogP contribution in [0.4, 0.5) is 11.5 Å². The SMILES string of the molecule is CN(C)c1ccc(CC(=O)c2ccc(C(=N)N3CCCC3)cc2)c(C(=O)Nc2ccc(Cl)cn2)c1. The molecule has 0 aliphatic carbocycles. The van der Waals surface area contributed by atoms with E-state index in [-0.39, 0.29) is 18.1 Å². The van der Waals surface area contributed by atoms with Crippen molar-refractivity contribution in [3.05, 3.63) is 88.1 Å². The van der Waals surface area contributed by atoms with E-state index >= 15 is 0 Å². The van der Waals surface area contributed by atoms with E-state index in [4.69, 9.17) is 17.0 Å². The molecule has 0 radical (unpaired) electrons. The zero-order valence-electron chi connectivity index (χ0n) is 19.8. The summed E-state index contributed by atoms with van der Waals surface area (Å²) in [6.45, 7) is 1.80. The number of carbonyl (C=O) groups excluding carboxylic acids is 2. The maximum Gasteiger partial charge on any atom is 0.257 e. The minimum atomic E-state index is -0.347. The Labute approximate surface area is 210 Å². The van der Waals surface area contributed by atoms with Crippen LogP contribution in [0.5, 0.6) is 0 Å². The van der Waals surface area contributed by atoms with Gasteiger partial charge in [-0.25, -0.2) is 4.98 Å². The fourth-order valence-corrected chi connectivity index (χ4v) is 4.17. The zero-order valence-corrected chi connectivity index (χ0v) is 20.6. The molecule has 1 fully saturated rings. The number of anilines is 2. The van der Waals surface area contributed by atoms with Crippen molar-refractivity contribution in [2.75, 3.05) is 37.4 Å². The average molecular weight is 490 g/mol. The third-order valence-corrected chi connectivity index (χ3v) is 6.30. The molecule has 1 aromatic heterocycles. The number of nitrogens with one attached hydrogen (secondary N) is 2. The molecule has 0 bridgehead atoms. The van der Waals surface area contributed by atoms with Crippen LogP contribution in [0.2, 0.25) is 5.02 Å². The lowest BCUT2D eigenvalue weighted by atomic mass is 9.97. The number of likely N-dealkylation sites (tertiary alicyclic amines) is 1.